The van der Waals surface area contributed by atoms with E-state index in [0.717, 1.165) is 0 Å². The average Bonchev–Trinajstić information content (AvgIpc) is 2.16. The van der Waals surface area contributed by atoms with Gasteiger partial charge in [-0.2, -0.15) is 0 Å². The van der Waals surface area contributed by atoms with E-state index in [4.69, 9.17) is 4.74 Å². The number of para-hydroxylation sites is 1. The molecule has 1 N–H and O–H groups in total. The molecule has 0 aliphatic rings. The van der Waals surface area contributed by atoms with Crippen LogP contribution in [0.2, 0.25) is 0 Å². The summed E-state index contributed by atoms with van der Waals surface area (Å²) in [6, 6.07) is 9.08. The van der Waals surface area contributed by atoms with Gasteiger partial charge in [-0.15, -0.1) is 0 Å². The monoisotopic (exact) mass is 194 g/mol. The second kappa shape index (κ2) is 4.24. The van der Waals surface area contributed by atoms with Crippen LogP contribution in [0.15, 0.2) is 30.3 Å². The van der Waals surface area contributed by atoms with Gasteiger partial charge in [0.1, 0.15) is 12.4 Å². The molecule has 0 fully saturated rings. The Bertz CT molecular complexity index is 304. The molecule has 0 saturated heterocycles. The molecule has 0 radical (unpaired) electrons. The first-order valence-electron chi connectivity index (χ1n) is 4.43. The van der Waals surface area contributed by atoms with E-state index in [2.05, 4.69) is 0 Å². The van der Waals surface area contributed by atoms with Crippen LogP contribution in [0.3, 0.4) is 0 Å². The van der Waals surface area contributed by atoms with E-state index in [1.54, 1.807) is 12.1 Å². The number of hydrogen-bond donors (Lipinski definition) is 1. The number of hydrogen-bond acceptors (Lipinski definition) is 3. The first-order valence-corrected chi connectivity index (χ1v) is 4.43. The molecule has 0 heterocycles. The van der Waals surface area contributed by atoms with E-state index < -0.39 is 5.60 Å². The summed E-state index contributed by atoms with van der Waals surface area (Å²) in [5.74, 6) is 0.349. The second-order valence-corrected chi connectivity index (χ2v) is 3.43. The van der Waals surface area contributed by atoms with Crippen LogP contribution in [-0.2, 0) is 4.79 Å². The topological polar surface area (TPSA) is 46.5 Å². The molecule has 0 aliphatic heterocycles. The van der Waals surface area contributed by atoms with Crippen LogP contribution in [0.5, 0.6) is 5.75 Å². The Morgan fingerprint density at radius 2 is 2.00 bits per heavy atom. The van der Waals surface area contributed by atoms with Gasteiger partial charge in [-0.25, -0.2) is 0 Å². The SMILES string of the molecule is CC(=O)[C@](C)(O)COc1ccccc1. The average molecular weight is 194 g/mol. The van der Waals surface area contributed by atoms with Gasteiger partial charge in [0.15, 0.2) is 11.4 Å². The van der Waals surface area contributed by atoms with E-state index in [1.165, 1.54) is 13.8 Å². The number of aliphatic hydroxyl groups is 1. The number of benzene rings is 1. The summed E-state index contributed by atoms with van der Waals surface area (Å²) in [4.78, 5) is 11.0. The fourth-order valence-electron chi connectivity index (χ4n) is 0.842. The van der Waals surface area contributed by atoms with Crippen LogP contribution in [-0.4, -0.2) is 23.1 Å². The zero-order valence-corrected chi connectivity index (χ0v) is 8.36. The van der Waals surface area contributed by atoms with Crippen molar-refractivity contribution in [1.82, 2.24) is 0 Å². The number of carbonyl (C=O) groups is 1. The maximum Gasteiger partial charge on any atom is 0.164 e. The standard InChI is InChI=1S/C11H14O3/c1-9(12)11(2,13)8-14-10-6-4-3-5-7-10/h3-7,13H,8H2,1-2H3/t11-/m1/s1. The van der Waals surface area contributed by atoms with Crippen molar-refractivity contribution in [3.8, 4) is 5.75 Å². The van der Waals surface area contributed by atoms with Gasteiger partial charge in [-0.05, 0) is 26.0 Å². The largest absolute Gasteiger partial charge is 0.490 e. The fraction of sp³-hybridized carbons (Fsp3) is 0.364. The molecule has 0 saturated carbocycles. The Kier molecular flexibility index (Phi) is 3.25. The van der Waals surface area contributed by atoms with Crippen LogP contribution >= 0.6 is 0 Å². The van der Waals surface area contributed by atoms with Gasteiger partial charge in [0.25, 0.3) is 0 Å². The highest BCUT2D eigenvalue weighted by molar-refractivity contribution is 5.84. The first-order chi connectivity index (χ1) is 6.52. The number of ketones is 1. The van der Waals surface area contributed by atoms with Crippen molar-refractivity contribution in [3.05, 3.63) is 30.3 Å². The lowest BCUT2D eigenvalue weighted by atomic mass is 10.0. The van der Waals surface area contributed by atoms with Crippen LogP contribution in [0.1, 0.15) is 13.8 Å². The Hall–Kier alpha value is -1.35. The molecule has 0 unspecified atom stereocenters. The van der Waals surface area contributed by atoms with Gasteiger partial charge in [0.2, 0.25) is 0 Å². The van der Waals surface area contributed by atoms with Crippen molar-refractivity contribution in [2.24, 2.45) is 0 Å². The number of rotatable bonds is 4. The maximum absolute atomic E-state index is 11.0. The summed E-state index contributed by atoms with van der Waals surface area (Å²) >= 11 is 0. The summed E-state index contributed by atoms with van der Waals surface area (Å²) in [6.07, 6.45) is 0. The number of carbonyl (C=O) groups excluding carboxylic acids is 1. The molecule has 14 heavy (non-hydrogen) atoms. The molecule has 1 aromatic carbocycles. The Morgan fingerprint density at radius 1 is 1.43 bits per heavy atom. The smallest absolute Gasteiger partial charge is 0.164 e. The van der Waals surface area contributed by atoms with Crippen LogP contribution in [0, 0.1) is 0 Å². The minimum Gasteiger partial charge on any atom is -0.490 e. The van der Waals surface area contributed by atoms with Crippen molar-refractivity contribution in [2.75, 3.05) is 6.61 Å². The van der Waals surface area contributed by atoms with Gasteiger partial charge in [0.05, 0.1) is 0 Å². The third kappa shape index (κ3) is 2.85. The predicted octanol–water partition coefficient (Wildman–Crippen LogP) is 1.41. The highest BCUT2D eigenvalue weighted by Crippen LogP contribution is 2.12. The summed E-state index contributed by atoms with van der Waals surface area (Å²) in [7, 11) is 0. The number of ether oxygens (including phenoxy) is 1. The molecule has 0 spiro atoms. The quantitative estimate of drug-likeness (QED) is 0.788. The van der Waals surface area contributed by atoms with Crippen molar-refractivity contribution in [2.45, 2.75) is 19.4 Å². The van der Waals surface area contributed by atoms with E-state index in [0.29, 0.717) is 5.75 Å². The molecule has 1 rings (SSSR count). The van der Waals surface area contributed by atoms with E-state index in [9.17, 15) is 9.90 Å². The minimum atomic E-state index is -1.41. The van der Waals surface area contributed by atoms with E-state index >= 15 is 0 Å². The van der Waals surface area contributed by atoms with Gasteiger partial charge >= 0.3 is 0 Å². The van der Waals surface area contributed by atoms with Gasteiger partial charge in [0, 0.05) is 0 Å². The Labute approximate surface area is 83.3 Å². The second-order valence-electron chi connectivity index (χ2n) is 3.43. The summed E-state index contributed by atoms with van der Waals surface area (Å²) in [5.41, 5.74) is -1.41. The molecule has 0 aliphatic carbocycles. The molecule has 0 aromatic heterocycles. The highest BCUT2D eigenvalue weighted by Gasteiger charge is 2.27. The first kappa shape index (κ1) is 10.7. The van der Waals surface area contributed by atoms with Crippen LogP contribution in [0.4, 0.5) is 0 Å². The third-order valence-corrected chi connectivity index (χ3v) is 2.02. The number of Topliss-reactive ketones (excluding diaryl/α,β-unsaturated/α-hetero) is 1. The minimum absolute atomic E-state index is 0.0215. The molecular formula is C11H14O3. The maximum atomic E-state index is 11.0. The Morgan fingerprint density at radius 3 is 2.50 bits per heavy atom. The molecule has 1 atom stereocenters. The molecular weight excluding hydrogens is 180 g/mol. The molecule has 0 bridgehead atoms. The zero-order valence-electron chi connectivity index (χ0n) is 8.36. The summed E-state index contributed by atoms with van der Waals surface area (Å²) in [6.45, 7) is 2.76. The lowest BCUT2D eigenvalue weighted by Crippen LogP contribution is -2.39. The molecule has 76 valence electrons. The predicted molar refractivity (Wildman–Crippen MR) is 53.2 cm³/mol. The third-order valence-electron chi connectivity index (χ3n) is 2.02. The van der Waals surface area contributed by atoms with Gasteiger partial charge < -0.3 is 9.84 Å². The van der Waals surface area contributed by atoms with E-state index in [-0.39, 0.29) is 12.4 Å². The lowest BCUT2D eigenvalue weighted by molar-refractivity contribution is -0.136. The van der Waals surface area contributed by atoms with Gasteiger partial charge in [-0.1, -0.05) is 18.2 Å². The zero-order chi connectivity index (χ0) is 10.6. The highest BCUT2D eigenvalue weighted by atomic mass is 16.5. The van der Waals surface area contributed by atoms with Crippen molar-refractivity contribution < 1.29 is 14.6 Å². The van der Waals surface area contributed by atoms with Crippen LogP contribution in [0.25, 0.3) is 0 Å². The summed E-state index contributed by atoms with van der Waals surface area (Å²) < 4.78 is 5.26. The fourth-order valence-corrected chi connectivity index (χ4v) is 0.842. The van der Waals surface area contributed by atoms with E-state index in [1.807, 2.05) is 18.2 Å². The van der Waals surface area contributed by atoms with Crippen molar-refractivity contribution >= 4 is 5.78 Å². The van der Waals surface area contributed by atoms with Crippen molar-refractivity contribution in [3.63, 3.8) is 0 Å². The molecule has 1 aromatic rings. The van der Waals surface area contributed by atoms with Crippen LogP contribution < -0.4 is 4.74 Å². The van der Waals surface area contributed by atoms with Gasteiger partial charge in [-0.3, -0.25) is 4.79 Å². The summed E-state index contributed by atoms with van der Waals surface area (Å²) in [5, 5.41) is 9.58. The lowest BCUT2D eigenvalue weighted by Gasteiger charge is -2.19. The van der Waals surface area contributed by atoms with Crippen molar-refractivity contribution in [1.29, 1.82) is 0 Å². The molecule has 3 heteroatoms. The molecule has 0 amide bonds. The normalized spacial score (nSPS) is 14.5. The molecule has 3 nitrogen and oxygen atoms in total. The Balaban J connectivity index is 2.53.